The highest BCUT2D eigenvalue weighted by Gasteiger charge is 2.37. The summed E-state index contributed by atoms with van der Waals surface area (Å²) in [5.74, 6) is -0.104. The number of ether oxygens (including phenoxy) is 1. The predicted octanol–water partition coefficient (Wildman–Crippen LogP) is 1.99. The Balaban J connectivity index is 2.00. The third kappa shape index (κ3) is 3.23. The van der Waals surface area contributed by atoms with E-state index >= 15 is 0 Å². The molecule has 0 bridgehead atoms. The normalized spacial score (nSPS) is 37.4. The highest BCUT2D eigenvalue weighted by Crippen LogP contribution is 2.40. The van der Waals surface area contributed by atoms with Crippen LogP contribution in [0.1, 0.15) is 40.0 Å². The van der Waals surface area contributed by atoms with E-state index in [0.717, 1.165) is 12.5 Å². The molecular formula is C14H25NO3. The average Bonchev–Trinajstić information content (AvgIpc) is 2.26. The van der Waals surface area contributed by atoms with Crippen LogP contribution in [0.25, 0.3) is 0 Å². The first-order chi connectivity index (χ1) is 8.37. The number of hydrogen-bond acceptors (Lipinski definition) is 3. The molecular weight excluding hydrogens is 230 g/mol. The molecule has 0 radical (unpaired) electrons. The van der Waals surface area contributed by atoms with Crippen molar-refractivity contribution in [2.45, 2.75) is 52.2 Å². The first-order valence-corrected chi connectivity index (χ1v) is 6.96. The summed E-state index contributed by atoms with van der Waals surface area (Å²) in [7, 11) is 0. The Labute approximate surface area is 109 Å². The molecule has 4 heteroatoms. The fourth-order valence-electron chi connectivity index (χ4n) is 3.72. The highest BCUT2D eigenvalue weighted by molar-refractivity contribution is 5.72. The van der Waals surface area contributed by atoms with Gasteiger partial charge in [-0.3, -0.25) is 4.90 Å². The summed E-state index contributed by atoms with van der Waals surface area (Å²) < 4.78 is 5.30. The lowest BCUT2D eigenvalue weighted by molar-refractivity contribution is -0.158. The summed E-state index contributed by atoms with van der Waals surface area (Å²) in [6.45, 7) is 8.92. The maximum atomic E-state index is 11.0. The van der Waals surface area contributed by atoms with Crippen LogP contribution in [0.3, 0.4) is 0 Å². The van der Waals surface area contributed by atoms with E-state index in [2.05, 4.69) is 25.7 Å². The molecule has 1 saturated carbocycles. The molecule has 1 aliphatic carbocycles. The number of morpholine rings is 1. The van der Waals surface area contributed by atoms with Gasteiger partial charge in [-0.25, -0.2) is 4.79 Å². The predicted molar refractivity (Wildman–Crippen MR) is 69.5 cm³/mol. The van der Waals surface area contributed by atoms with Crippen LogP contribution in [0.4, 0.5) is 0 Å². The molecule has 0 spiro atoms. The fourth-order valence-corrected chi connectivity index (χ4v) is 3.72. The Morgan fingerprint density at radius 2 is 2.11 bits per heavy atom. The molecule has 2 rings (SSSR count). The topological polar surface area (TPSA) is 49.8 Å². The van der Waals surface area contributed by atoms with Crippen LogP contribution in [0.2, 0.25) is 0 Å². The number of carboxylic acids is 1. The van der Waals surface area contributed by atoms with Gasteiger partial charge in [0.25, 0.3) is 0 Å². The van der Waals surface area contributed by atoms with Crippen molar-refractivity contribution >= 4 is 5.97 Å². The van der Waals surface area contributed by atoms with E-state index < -0.39 is 12.1 Å². The Bertz CT molecular complexity index is 316. The average molecular weight is 255 g/mol. The van der Waals surface area contributed by atoms with Crippen LogP contribution < -0.4 is 0 Å². The molecule has 0 aromatic heterocycles. The van der Waals surface area contributed by atoms with Crippen LogP contribution in [-0.4, -0.2) is 47.8 Å². The molecule has 3 unspecified atom stereocenters. The lowest BCUT2D eigenvalue weighted by atomic mass is 9.70. The quantitative estimate of drug-likeness (QED) is 0.820. The second-order valence-corrected chi connectivity index (χ2v) is 6.76. The molecule has 1 saturated heterocycles. The van der Waals surface area contributed by atoms with Gasteiger partial charge in [0.2, 0.25) is 0 Å². The van der Waals surface area contributed by atoms with Crippen LogP contribution >= 0.6 is 0 Å². The minimum absolute atomic E-state index is 0.374. The third-order valence-corrected chi connectivity index (χ3v) is 4.25. The number of carbonyl (C=O) groups is 1. The molecule has 18 heavy (non-hydrogen) atoms. The first-order valence-electron chi connectivity index (χ1n) is 6.96. The third-order valence-electron chi connectivity index (χ3n) is 4.25. The number of aliphatic carboxylic acids is 1. The second-order valence-electron chi connectivity index (χ2n) is 6.76. The molecule has 4 nitrogen and oxygen atoms in total. The summed E-state index contributed by atoms with van der Waals surface area (Å²) in [6.07, 6.45) is 2.99. The zero-order chi connectivity index (χ0) is 13.3. The van der Waals surface area contributed by atoms with Crippen molar-refractivity contribution in [3.8, 4) is 0 Å². The van der Waals surface area contributed by atoms with Crippen molar-refractivity contribution in [1.82, 2.24) is 4.90 Å². The van der Waals surface area contributed by atoms with Crippen molar-refractivity contribution in [3.63, 3.8) is 0 Å². The molecule has 1 heterocycles. The summed E-state index contributed by atoms with van der Waals surface area (Å²) in [5.41, 5.74) is 0.374. The van der Waals surface area contributed by atoms with Crippen molar-refractivity contribution < 1.29 is 14.6 Å². The minimum atomic E-state index is -0.831. The summed E-state index contributed by atoms with van der Waals surface area (Å²) in [5, 5.41) is 9.06. The Morgan fingerprint density at radius 3 is 2.72 bits per heavy atom. The van der Waals surface area contributed by atoms with Crippen LogP contribution in [0.15, 0.2) is 0 Å². The van der Waals surface area contributed by atoms with Gasteiger partial charge in [-0.15, -0.1) is 0 Å². The zero-order valence-electron chi connectivity index (χ0n) is 11.7. The van der Waals surface area contributed by atoms with Crippen LogP contribution in [0, 0.1) is 11.3 Å². The highest BCUT2D eigenvalue weighted by atomic mass is 16.5. The number of rotatable bonds is 2. The minimum Gasteiger partial charge on any atom is -0.479 e. The van der Waals surface area contributed by atoms with Crippen LogP contribution in [0.5, 0.6) is 0 Å². The van der Waals surface area contributed by atoms with E-state index in [1.54, 1.807) is 0 Å². The van der Waals surface area contributed by atoms with E-state index in [-0.39, 0.29) is 0 Å². The van der Waals surface area contributed by atoms with Gasteiger partial charge in [-0.2, -0.15) is 0 Å². The Morgan fingerprint density at radius 1 is 1.39 bits per heavy atom. The molecule has 104 valence electrons. The monoisotopic (exact) mass is 255 g/mol. The summed E-state index contributed by atoms with van der Waals surface area (Å²) >= 11 is 0. The fraction of sp³-hybridized carbons (Fsp3) is 0.929. The van der Waals surface area contributed by atoms with Gasteiger partial charge in [0.05, 0.1) is 6.61 Å². The molecule has 0 aromatic carbocycles. The van der Waals surface area contributed by atoms with Crippen molar-refractivity contribution in [2.24, 2.45) is 11.3 Å². The van der Waals surface area contributed by atoms with E-state index in [4.69, 9.17) is 9.84 Å². The Kier molecular flexibility index (Phi) is 3.97. The Hall–Kier alpha value is -0.610. The van der Waals surface area contributed by atoms with Crippen molar-refractivity contribution in [2.75, 3.05) is 19.7 Å². The van der Waals surface area contributed by atoms with Crippen molar-refractivity contribution in [3.05, 3.63) is 0 Å². The first kappa shape index (κ1) is 13.8. The SMILES string of the molecule is CC1CC(N2CCOC(C(=O)O)C2)CC(C)(C)C1. The smallest absolute Gasteiger partial charge is 0.334 e. The van der Waals surface area contributed by atoms with E-state index in [1.807, 2.05) is 0 Å². The van der Waals surface area contributed by atoms with E-state index in [9.17, 15) is 4.79 Å². The number of carboxylic acid groups (broad SMARTS) is 1. The van der Waals surface area contributed by atoms with Gasteiger partial charge < -0.3 is 9.84 Å². The summed E-state index contributed by atoms with van der Waals surface area (Å²) in [4.78, 5) is 13.4. The molecule has 3 atom stereocenters. The van der Waals surface area contributed by atoms with Crippen molar-refractivity contribution in [1.29, 1.82) is 0 Å². The van der Waals surface area contributed by atoms with Gasteiger partial charge >= 0.3 is 5.97 Å². The maximum absolute atomic E-state index is 11.0. The van der Waals surface area contributed by atoms with Gasteiger partial charge in [0, 0.05) is 19.1 Å². The number of nitrogens with zero attached hydrogens (tertiary/aromatic N) is 1. The van der Waals surface area contributed by atoms with Gasteiger partial charge in [0.15, 0.2) is 6.10 Å². The van der Waals surface area contributed by atoms with E-state index in [0.29, 0.717) is 24.6 Å². The van der Waals surface area contributed by atoms with Gasteiger partial charge in [0.1, 0.15) is 0 Å². The van der Waals surface area contributed by atoms with E-state index in [1.165, 1.54) is 19.3 Å². The van der Waals surface area contributed by atoms with Gasteiger partial charge in [-0.05, 0) is 30.6 Å². The largest absolute Gasteiger partial charge is 0.479 e. The molecule has 0 amide bonds. The molecule has 2 aliphatic rings. The second kappa shape index (κ2) is 5.17. The standard InChI is InChI=1S/C14H25NO3/c1-10-6-11(8-14(2,3)7-10)15-4-5-18-12(9-15)13(16)17/h10-12H,4-9H2,1-3H3,(H,16,17). The summed E-state index contributed by atoms with van der Waals surface area (Å²) in [6, 6.07) is 0.523. The molecule has 1 aliphatic heterocycles. The molecule has 1 N–H and O–H groups in total. The lowest BCUT2D eigenvalue weighted by Gasteiger charge is -2.45. The van der Waals surface area contributed by atoms with Gasteiger partial charge in [-0.1, -0.05) is 20.8 Å². The zero-order valence-corrected chi connectivity index (χ0v) is 11.7. The van der Waals surface area contributed by atoms with Crippen LogP contribution in [-0.2, 0) is 9.53 Å². The lowest BCUT2D eigenvalue weighted by Crippen LogP contribution is -2.52. The number of hydrogen-bond donors (Lipinski definition) is 1. The maximum Gasteiger partial charge on any atom is 0.334 e. The molecule has 2 fully saturated rings. The molecule has 0 aromatic rings.